The third kappa shape index (κ3) is 3.84. The number of hydrogen-bond acceptors (Lipinski definition) is 3. The third-order valence-electron chi connectivity index (χ3n) is 3.80. The van der Waals surface area contributed by atoms with E-state index in [9.17, 15) is 4.79 Å². The molecule has 0 unspecified atom stereocenters. The predicted octanol–water partition coefficient (Wildman–Crippen LogP) is 2.68. The van der Waals surface area contributed by atoms with Crippen molar-refractivity contribution in [1.29, 1.82) is 0 Å². The predicted molar refractivity (Wildman–Crippen MR) is 81.3 cm³/mol. The van der Waals surface area contributed by atoms with Gasteiger partial charge < -0.3 is 10.4 Å². The molecule has 1 aromatic heterocycles. The summed E-state index contributed by atoms with van der Waals surface area (Å²) in [5.74, 6) is 6.08. The summed E-state index contributed by atoms with van der Waals surface area (Å²) in [6, 6.07) is 2.01. The van der Waals surface area contributed by atoms with Crippen LogP contribution in [0.15, 0.2) is 11.4 Å². The molecule has 0 saturated heterocycles. The minimum Gasteiger partial charge on any atom is -0.395 e. The topological polar surface area (TPSA) is 49.3 Å². The molecule has 1 fully saturated rings. The zero-order valence-corrected chi connectivity index (χ0v) is 12.7. The summed E-state index contributed by atoms with van der Waals surface area (Å²) in [6.45, 7) is 2.74. The molecular weight excluding hydrogens is 270 g/mol. The van der Waals surface area contributed by atoms with Gasteiger partial charge in [0.1, 0.15) is 0 Å². The first-order valence-corrected chi connectivity index (χ1v) is 7.97. The fraction of sp³-hybridized carbons (Fsp3) is 0.562. The maximum atomic E-state index is 12.2. The van der Waals surface area contributed by atoms with E-state index >= 15 is 0 Å². The number of aliphatic hydroxyl groups is 1. The Morgan fingerprint density at radius 2 is 2.25 bits per heavy atom. The number of amides is 1. The van der Waals surface area contributed by atoms with Gasteiger partial charge in [0.25, 0.3) is 0 Å². The lowest BCUT2D eigenvalue weighted by atomic mass is 9.88. The lowest BCUT2D eigenvalue weighted by Crippen LogP contribution is -2.36. The van der Waals surface area contributed by atoms with Gasteiger partial charge in [0.05, 0.1) is 13.2 Å². The van der Waals surface area contributed by atoms with E-state index in [1.54, 1.807) is 11.3 Å². The van der Waals surface area contributed by atoms with Gasteiger partial charge in [-0.25, -0.2) is 0 Å². The van der Waals surface area contributed by atoms with Gasteiger partial charge in [-0.05, 0) is 18.9 Å². The Hall–Kier alpha value is -1.31. The van der Waals surface area contributed by atoms with Gasteiger partial charge in [-0.1, -0.05) is 31.6 Å². The van der Waals surface area contributed by atoms with E-state index in [1.807, 2.05) is 11.4 Å². The summed E-state index contributed by atoms with van der Waals surface area (Å²) < 4.78 is 0. The van der Waals surface area contributed by atoms with Gasteiger partial charge in [0, 0.05) is 27.7 Å². The Balaban J connectivity index is 1.85. The van der Waals surface area contributed by atoms with Gasteiger partial charge in [0.15, 0.2) is 0 Å². The minimum atomic E-state index is -0.166. The van der Waals surface area contributed by atoms with E-state index in [-0.39, 0.29) is 17.9 Å². The van der Waals surface area contributed by atoms with Crippen molar-refractivity contribution < 1.29 is 9.90 Å². The highest BCUT2D eigenvalue weighted by molar-refractivity contribution is 7.10. The SMILES string of the molecule is CC1(C(=O)NCc2cc(C#CCCO)cs2)CCCC1. The summed E-state index contributed by atoms with van der Waals surface area (Å²) in [7, 11) is 0. The fourth-order valence-electron chi connectivity index (χ4n) is 2.52. The largest absolute Gasteiger partial charge is 0.395 e. The molecule has 0 spiro atoms. The number of rotatable bonds is 4. The van der Waals surface area contributed by atoms with Crippen LogP contribution in [0.5, 0.6) is 0 Å². The molecule has 1 heterocycles. The maximum absolute atomic E-state index is 12.2. The van der Waals surface area contributed by atoms with Crippen molar-refractivity contribution in [3.8, 4) is 11.8 Å². The second-order valence-corrected chi connectivity index (χ2v) is 6.52. The van der Waals surface area contributed by atoms with Crippen LogP contribution >= 0.6 is 11.3 Å². The minimum absolute atomic E-state index is 0.0959. The molecule has 1 amide bonds. The lowest BCUT2D eigenvalue weighted by Gasteiger charge is -2.21. The molecule has 3 nitrogen and oxygen atoms in total. The number of hydrogen-bond donors (Lipinski definition) is 2. The van der Waals surface area contributed by atoms with Gasteiger partial charge in [-0.3, -0.25) is 4.79 Å². The summed E-state index contributed by atoms with van der Waals surface area (Å²) >= 11 is 1.61. The first-order valence-electron chi connectivity index (χ1n) is 7.09. The maximum Gasteiger partial charge on any atom is 0.226 e. The molecule has 1 aliphatic rings. The summed E-state index contributed by atoms with van der Waals surface area (Å²) in [5, 5.41) is 13.7. The van der Waals surface area contributed by atoms with Crippen LogP contribution in [0.4, 0.5) is 0 Å². The van der Waals surface area contributed by atoms with Crippen LogP contribution in [0.2, 0.25) is 0 Å². The van der Waals surface area contributed by atoms with Crippen molar-refractivity contribution >= 4 is 17.2 Å². The Morgan fingerprint density at radius 3 is 2.95 bits per heavy atom. The normalized spacial score (nSPS) is 16.5. The molecule has 1 aliphatic carbocycles. The molecule has 108 valence electrons. The first-order chi connectivity index (χ1) is 9.64. The Kier molecular flexibility index (Phi) is 5.22. The van der Waals surface area contributed by atoms with Crippen molar-refractivity contribution in [2.75, 3.05) is 6.61 Å². The number of nitrogens with one attached hydrogen (secondary N) is 1. The Bertz CT molecular complexity index is 518. The molecule has 0 atom stereocenters. The summed E-state index contributed by atoms with van der Waals surface area (Å²) in [4.78, 5) is 13.3. The van der Waals surface area contributed by atoms with Crippen molar-refractivity contribution in [3.63, 3.8) is 0 Å². The molecule has 0 bridgehead atoms. The Labute approximate surface area is 124 Å². The molecule has 1 saturated carbocycles. The zero-order chi connectivity index (χ0) is 14.4. The van der Waals surface area contributed by atoms with E-state index < -0.39 is 0 Å². The smallest absolute Gasteiger partial charge is 0.226 e. The molecular formula is C16H21NO2S. The second-order valence-electron chi connectivity index (χ2n) is 5.53. The van der Waals surface area contributed by atoms with E-state index in [0.717, 1.165) is 36.1 Å². The van der Waals surface area contributed by atoms with Crippen LogP contribution in [0.3, 0.4) is 0 Å². The van der Waals surface area contributed by atoms with Crippen LogP contribution in [-0.4, -0.2) is 17.6 Å². The van der Waals surface area contributed by atoms with Gasteiger partial charge in [-0.2, -0.15) is 0 Å². The van der Waals surface area contributed by atoms with Gasteiger partial charge >= 0.3 is 0 Å². The van der Waals surface area contributed by atoms with Gasteiger partial charge in [0.2, 0.25) is 5.91 Å². The lowest BCUT2D eigenvalue weighted by molar-refractivity contribution is -0.130. The van der Waals surface area contributed by atoms with Crippen molar-refractivity contribution in [1.82, 2.24) is 5.32 Å². The van der Waals surface area contributed by atoms with Crippen molar-refractivity contribution in [2.24, 2.45) is 5.41 Å². The number of carbonyl (C=O) groups excluding carboxylic acids is 1. The van der Waals surface area contributed by atoms with Crippen LogP contribution in [0, 0.1) is 17.3 Å². The highest BCUT2D eigenvalue weighted by atomic mass is 32.1. The molecule has 1 aromatic rings. The third-order valence-corrected chi connectivity index (χ3v) is 4.74. The number of carbonyl (C=O) groups is 1. The highest BCUT2D eigenvalue weighted by Gasteiger charge is 2.35. The zero-order valence-electron chi connectivity index (χ0n) is 11.9. The molecule has 0 radical (unpaired) electrons. The second kappa shape index (κ2) is 6.92. The van der Waals surface area contributed by atoms with Crippen molar-refractivity contribution in [3.05, 3.63) is 21.9 Å². The van der Waals surface area contributed by atoms with E-state index in [2.05, 4.69) is 24.1 Å². The molecule has 2 N–H and O–H groups in total. The monoisotopic (exact) mass is 291 g/mol. The molecule has 0 aliphatic heterocycles. The van der Waals surface area contributed by atoms with E-state index in [4.69, 9.17) is 5.11 Å². The fourth-order valence-corrected chi connectivity index (χ4v) is 3.28. The highest BCUT2D eigenvalue weighted by Crippen LogP contribution is 2.37. The molecule has 20 heavy (non-hydrogen) atoms. The number of aliphatic hydroxyl groups excluding tert-OH is 1. The molecule has 2 rings (SSSR count). The van der Waals surface area contributed by atoms with Crippen molar-refractivity contribution in [2.45, 2.75) is 45.6 Å². The molecule has 4 heteroatoms. The average molecular weight is 291 g/mol. The first kappa shape index (κ1) is 15.1. The Morgan fingerprint density at radius 1 is 1.50 bits per heavy atom. The average Bonchev–Trinajstić information content (AvgIpc) is 3.06. The van der Waals surface area contributed by atoms with Crippen LogP contribution in [0.1, 0.15) is 49.5 Å². The quantitative estimate of drug-likeness (QED) is 0.838. The van der Waals surface area contributed by atoms with Crippen LogP contribution in [-0.2, 0) is 11.3 Å². The summed E-state index contributed by atoms with van der Waals surface area (Å²) in [5.41, 5.74) is 0.792. The van der Waals surface area contributed by atoms with E-state index in [1.165, 1.54) is 0 Å². The van der Waals surface area contributed by atoms with E-state index in [0.29, 0.717) is 13.0 Å². The van der Waals surface area contributed by atoms with Gasteiger partial charge in [-0.15, -0.1) is 11.3 Å². The van der Waals surface area contributed by atoms with Crippen LogP contribution < -0.4 is 5.32 Å². The summed E-state index contributed by atoms with van der Waals surface area (Å²) in [6.07, 6.45) is 4.82. The standard InChI is InChI=1S/C16H21NO2S/c1-16(7-3-4-8-16)15(19)17-11-14-10-13(12-20-14)6-2-5-9-18/h10,12,18H,3-5,7-9,11H2,1H3,(H,17,19). The number of thiophene rings is 1. The molecule has 0 aromatic carbocycles. The van der Waals surface area contributed by atoms with Crippen LogP contribution in [0.25, 0.3) is 0 Å².